The van der Waals surface area contributed by atoms with Crippen LogP contribution in [0.2, 0.25) is 0 Å². The lowest BCUT2D eigenvalue weighted by molar-refractivity contribution is 1.21. The highest BCUT2D eigenvalue weighted by molar-refractivity contribution is 5.83. The summed E-state index contributed by atoms with van der Waals surface area (Å²) < 4.78 is 0. The third-order valence-electron chi connectivity index (χ3n) is 2.33. The van der Waals surface area contributed by atoms with E-state index in [0.717, 1.165) is 29.0 Å². The Hall–Kier alpha value is -1.77. The summed E-state index contributed by atoms with van der Waals surface area (Å²) in [4.78, 5) is 4.46. The van der Waals surface area contributed by atoms with Crippen molar-refractivity contribution in [2.75, 3.05) is 24.2 Å². The fourth-order valence-electron chi connectivity index (χ4n) is 1.58. The van der Waals surface area contributed by atoms with Crippen molar-refractivity contribution < 1.29 is 0 Å². The summed E-state index contributed by atoms with van der Waals surface area (Å²) in [5, 5.41) is 7.48. The second kappa shape index (κ2) is 4.17. The normalized spacial score (nSPS) is 10.3. The van der Waals surface area contributed by atoms with Gasteiger partial charge in [-0.3, -0.25) is 0 Å². The van der Waals surface area contributed by atoms with Gasteiger partial charge in [0.1, 0.15) is 5.82 Å². The van der Waals surface area contributed by atoms with Crippen LogP contribution in [-0.2, 0) is 0 Å². The van der Waals surface area contributed by atoms with Gasteiger partial charge in [-0.2, -0.15) is 0 Å². The zero-order valence-electron chi connectivity index (χ0n) is 9.04. The molecule has 0 atom stereocenters. The van der Waals surface area contributed by atoms with E-state index >= 15 is 0 Å². The van der Waals surface area contributed by atoms with Crippen LogP contribution in [0.15, 0.2) is 30.3 Å². The molecule has 2 N–H and O–H groups in total. The van der Waals surface area contributed by atoms with Crippen LogP contribution in [0.3, 0.4) is 0 Å². The van der Waals surface area contributed by atoms with Gasteiger partial charge >= 0.3 is 0 Å². The molecule has 0 radical (unpaired) electrons. The highest BCUT2D eigenvalue weighted by Gasteiger charge is 1.97. The molecular formula is C12H15N3. The zero-order valence-corrected chi connectivity index (χ0v) is 9.04. The van der Waals surface area contributed by atoms with Crippen LogP contribution in [0.4, 0.5) is 11.5 Å². The van der Waals surface area contributed by atoms with E-state index in [1.165, 1.54) is 0 Å². The molecular weight excluding hydrogens is 186 g/mol. The molecule has 2 rings (SSSR count). The molecule has 1 heterocycles. The van der Waals surface area contributed by atoms with Crippen molar-refractivity contribution >= 4 is 22.4 Å². The average Bonchev–Trinajstić information content (AvgIpc) is 2.29. The average molecular weight is 201 g/mol. The second-order valence-corrected chi connectivity index (χ2v) is 3.38. The first-order chi connectivity index (χ1) is 7.33. The van der Waals surface area contributed by atoms with Gasteiger partial charge in [-0.05, 0) is 37.3 Å². The number of hydrogen-bond acceptors (Lipinski definition) is 3. The highest BCUT2D eigenvalue weighted by Crippen LogP contribution is 2.19. The van der Waals surface area contributed by atoms with Crippen LogP contribution >= 0.6 is 0 Å². The minimum absolute atomic E-state index is 0.902. The van der Waals surface area contributed by atoms with Crippen molar-refractivity contribution in [3.05, 3.63) is 30.3 Å². The summed E-state index contributed by atoms with van der Waals surface area (Å²) >= 11 is 0. The molecule has 2 aromatic rings. The Balaban J connectivity index is 2.45. The van der Waals surface area contributed by atoms with E-state index < -0.39 is 0 Å². The molecule has 0 spiro atoms. The topological polar surface area (TPSA) is 37.0 Å². The lowest BCUT2D eigenvalue weighted by Crippen LogP contribution is -1.96. The molecule has 0 amide bonds. The Morgan fingerprint density at radius 3 is 2.80 bits per heavy atom. The fraction of sp³-hybridized carbons (Fsp3) is 0.250. The minimum Gasteiger partial charge on any atom is -0.385 e. The number of anilines is 2. The van der Waals surface area contributed by atoms with Gasteiger partial charge in [0.05, 0.1) is 5.52 Å². The monoisotopic (exact) mass is 201 g/mol. The van der Waals surface area contributed by atoms with E-state index in [1.807, 2.05) is 19.2 Å². The highest BCUT2D eigenvalue weighted by atomic mass is 15.0. The third-order valence-corrected chi connectivity index (χ3v) is 2.33. The standard InChI is InChI=1S/C12H15N3/c1-3-14-10-5-6-11-9(8-10)4-7-12(13-2)15-11/h4-8,14H,3H2,1-2H3,(H,13,15). The smallest absolute Gasteiger partial charge is 0.126 e. The SMILES string of the molecule is CCNc1ccc2nc(NC)ccc2c1. The van der Waals surface area contributed by atoms with Crippen LogP contribution in [-0.4, -0.2) is 18.6 Å². The molecule has 0 unspecified atom stereocenters. The summed E-state index contributed by atoms with van der Waals surface area (Å²) in [7, 11) is 1.88. The maximum Gasteiger partial charge on any atom is 0.126 e. The second-order valence-electron chi connectivity index (χ2n) is 3.38. The molecule has 3 heteroatoms. The molecule has 0 saturated carbocycles. The lowest BCUT2D eigenvalue weighted by Gasteiger charge is -2.05. The number of fused-ring (bicyclic) bond motifs is 1. The zero-order chi connectivity index (χ0) is 10.7. The Kier molecular flexibility index (Phi) is 2.72. The number of hydrogen-bond donors (Lipinski definition) is 2. The van der Waals surface area contributed by atoms with Crippen molar-refractivity contribution in [3.63, 3.8) is 0 Å². The number of nitrogens with one attached hydrogen (secondary N) is 2. The summed E-state index contributed by atoms with van der Waals surface area (Å²) in [6.07, 6.45) is 0. The van der Waals surface area contributed by atoms with E-state index in [4.69, 9.17) is 0 Å². The first-order valence-electron chi connectivity index (χ1n) is 5.16. The van der Waals surface area contributed by atoms with Gasteiger partial charge < -0.3 is 10.6 Å². The molecule has 78 valence electrons. The minimum atomic E-state index is 0.902. The first kappa shape index (κ1) is 9.77. The van der Waals surface area contributed by atoms with Crippen LogP contribution in [0.25, 0.3) is 10.9 Å². The van der Waals surface area contributed by atoms with E-state index in [9.17, 15) is 0 Å². The number of rotatable bonds is 3. The first-order valence-corrected chi connectivity index (χ1v) is 5.16. The fourth-order valence-corrected chi connectivity index (χ4v) is 1.58. The van der Waals surface area contributed by atoms with E-state index in [0.29, 0.717) is 0 Å². The molecule has 0 bridgehead atoms. The van der Waals surface area contributed by atoms with Crippen molar-refractivity contribution in [2.45, 2.75) is 6.92 Å². The van der Waals surface area contributed by atoms with Gasteiger partial charge in [0.2, 0.25) is 0 Å². The van der Waals surface area contributed by atoms with Gasteiger partial charge in [0.25, 0.3) is 0 Å². The Labute approximate surface area is 89.5 Å². The molecule has 0 aliphatic carbocycles. The maximum absolute atomic E-state index is 4.46. The van der Waals surface area contributed by atoms with Crippen LogP contribution in [0.1, 0.15) is 6.92 Å². The Bertz CT molecular complexity index is 465. The Morgan fingerprint density at radius 2 is 2.07 bits per heavy atom. The molecule has 0 fully saturated rings. The van der Waals surface area contributed by atoms with E-state index in [1.54, 1.807) is 0 Å². The lowest BCUT2D eigenvalue weighted by atomic mass is 10.2. The molecule has 0 aliphatic heterocycles. The molecule has 15 heavy (non-hydrogen) atoms. The van der Waals surface area contributed by atoms with Gasteiger partial charge in [0, 0.05) is 24.7 Å². The van der Waals surface area contributed by atoms with E-state index in [2.05, 4.69) is 40.7 Å². The van der Waals surface area contributed by atoms with Crippen LogP contribution < -0.4 is 10.6 Å². The molecule has 1 aromatic heterocycles. The van der Waals surface area contributed by atoms with Crippen molar-refractivity contribution in [1.82, 2.24) is 4.98 Å². The molecule has 0 aliphatic rings. The molecule has 1 aromatic carbocycles. The summed E-state index contributed by atoms with van der Waals surface area (Å²) in [5.74, 6) is 0.902. The number of benzene rings is 1. The molecule has 3 nitrogen and oxygen atoms in total. The van der Waals surface area contributed by atoms with Gasteiger partial charge in [-0.25, -0.2) is 4.98 Å². The number of nitrogens with zero attached hydrogens (tertiary/aromatic N) is 1. The summed E-state index contributed by atoms with van der Waals surface area (Å²) in [5.41, 5.74) is 2.16. The Morgan fingerprint density at radius 1 is 1.20 bits per heavy atom. The number of pyridine rings is 1. The summed E-state index contributed by atoms with van der Waals surface area (Å²) in [6, 6.07) is 10.3. The largest absolute Gasteiger partial charge is 0.385 e. The molecule has 0 saturated heterocycles. The van der Waals surface area contributed by atoms with Gasteiger partial charge in [0.15, 0.2) is 0 Å². The summed E-state index contributed by atoms with van der Waals surface area (Å²) in [6.45, 7) is 3.03. The quantitative estimate of drug-likeness (QED) is 0.801. The van der Waals surface area contributed by atoms with Gasteiger partial charge in [-0.1, -0.05) is 0 Å². The predicted molar refractivity (Wildman–Crippen MR) is 65.5 cm³/mol. The van der Waals surface area contributed by atoms with Crippen LogP contribution in [0, 0.1) is 0 Å². The maximum atomic E-state index is 4.46. The third kappa shape index (κ3) is 2.01. The van der Waals surface area contributed by atoms with Crippen molar-refractivity contribution in [3.8, 4) is 0 Å². The van der Waals surface area contributed by atoms with E-state index in [-0.39, 0.29) is 0 Å². The van der Waals surface area contributed by atoms with Crippen molar-refractivity contribution in [1.29, 1.82) is 0 Å². The van der Waals surface area contributed by atoms with Crippen LogP contribution in [0.5, 0.6) is 0 Å². The van der Waals surface area contributed by atoms with Gasteiger partial charge in [-0.15, -0.1) is 0 Å². The van der Waals surface area contributed by atoms with Crippen molar-refractivity contribution in [2.24, 2.45) is 0 Å². The number of aromatic nitrogens is 1. The predicted octanol–water partition coefficient (Wildman–Crippen LogP) is 2.71.